The lowest BCUT2D eigenvalue weighted by atomic mass is 9.76. The molecule has 0 aromatic carbocycles. The molecule has 17 heavy (non-hydrogen) atoms. The first-order valence-corrected chi connectivity index (χ1v) is 7.33. The molecule has 1 saturated carbocycles. The van der Waals surface area contributed by atoms with Crippen molar-refractivity contribution in [1.29, 1.82) is 0 Å². The summed E-state index contributed by atoms with van der Waals surface area (Å²) in [6, 6.07) is 0. The van der Waals surface area contributed by atoms with Gasteiger partial charge in [0.1, 0.15) is 0 Å². The van der Waals surface area contributed by atoms with Gasteiger partial charge in [-0.3, -0.25) is 0 Å². The normalized spacial score (nSPS) is 29.8. The predicted octanol–water partition coefficient (Wildman–Crippen LogP) is 1.83. The average Bonchev–Trinajstić information content (AvgIpc) is 2.35. The van der Waals surface area contributed by atoms with Crippen LogP contribution in [-0.2, 0) is 0 Å². The molecule has 102 valence electrons. The first-order chi connectivity index (χ1) is 8.15. The molecule has 1 aliphatic rings. The van der Waals surface area contributed by atoms with E-state index < -0.39 is 0 Å². The zero-order chi connectivity index (χ0) is 12.7. The Morgan fingerprint density at radius 1 is 1.35 bits per heavy atom. The van der Waals surface area contributed by atoms with Gasteiger partial charge >= 0.3 is 0 Å². The van der Waals surface area contributed by atoms with Gasteiger partial charge in [0.15, 0.2) is 0 Å². The van der Waals surface area contributed by atoms with Crippen molar-refractivity contribution < 1.29 is 0 Å². The van der Waals surface area contributed by atoms with Gasteiger partial charge in [0.25, 0.3) is 0 Å². The highest BCUT2D eigenvalue weighted by Gasteiger charge is 2.32. The minimum absolute atomic E-state index is 0.227. The highest BCUT2D eigenvalue weighted by atomic mass is 15.1. The van der Waals surface area contributed by atoms with Crippen molar-refractivity contribution >= 4 is 0 Å². The topological polar surface area (TPSA) is 41.3 Å². The number of nitrogens with zero attached hydrogens (tertiary/aromatic N) is 1. The van der Waals surface area contributed by atoms with Crippen molar-refractivity contribution in [2.75, 3.05) is 32.7 Å². The Balaban J connectivity index is 2.35. The fourth-order valence-electron chi connectivity index (χ4n) is 3.10. The Hall–Kier alpha value is -0.120. The molecule has 2 atom stereocenters. The van der Waals surface area contributed by atoms with Gasteiger partial charge in [-0.25, -0.2) is 0 Å². The van der Waals surface area contributed by atoms with Crippen molar-refractivity contribution in [3.05, 3.63) is 0 Å². The molecule has 0 radical (unpaired) electrons. The maximum absolute atomic E-state index is 6.01. The molecule has 1 rings (SSSR count). The van der Waals surface area contributed by atoms with E-state index in [2.05, 4.69) is 31.0 Å². The van der Waals surface area contributed by atoms with Crippen LogP contribution in [-0.4, -0.2) is 43.2 Å². The molecule has 2 unspecified atom stereocenters. The van der Waals surface area contributed by atoms with Crippen LogP contribution in [0.1, 0.15) is 46.5 Å². The minimum atomic E-state index is 0.227. The molecule has 3 heteroatoms. The van der Waals surface area contributed by atoms with Crippen molar-refractivity contribution in [3.63, 3.8) is 0 Å². The van der Waals surface area contributed by atoms with Gasteiger partial charge in [-0.2, -0.15) is 0 Å². The van der Waals surface area contributed by atoms with E-state index in [0.717, 1.165) is 38.6 Å². The molecule has 0 spiro atoms. The highest BCUT2D eigenvalue weighted by Crippen LogP contribution is 2.31. The van der Waals surface area contributed by atoms with E-state index in [1.54, 1.807) is 0 Å². The molecule has 1 fully saturated rings. The van der Waals surface area contributed by atoms with Gasteiger partial charge in [0, 0.05) is 25.2 Å². The summed E-state index contributed by atoms with van der Waals surface area (Å²) in [5.74, 6) is 0.827. The Bertz CT molecular complexity index is 204. The van der Waals surface area contributed by atoms with E-state index in [1.807, 2.05) is 0 Å². The summed E-state index contributed by atoms with van der Waals surface area (Å²) in [4.78, 5) is 2.46. The van der Waals surface area contributed by atoms with E-state index in [1.165, 1.54) is 25.7 Å². The first-order valence-electron chi connectivity index (χ1n) is 7.33. The smallest absolute Gasteiger partial charge is 0.0307 e. The van der Waals surface area contributed by atoms with Gasteiger partial charge in [0.05, 0.1) is 0 Å². The van der Waals surface area contributed by atoms with E-state index >= 15 is 0 Å². The molecule has 0 aromatic heterocycles. The van der Waals surface area contributed by atoms with Crippen molar-refractivity contribution in [2.45, 2.75) is 52.0 Å². The molecule has 0 saturated heterocycles. The maximum atomic E-state index is 6.01. The second-order valence-electron chi connectivity index (χ2n) is 5.64. The van der Waals surface area contributed by atoms with Crippen LogP contribution in [0.3, 0.4) is 0 Å². The Morgan fingerprint density at radius 3 is 2.59 bits per heavy atom. The predicted molar refractivity (Wildman–Crippen MR) is 75.2 cm³/mol. The number of nitrogens with one attached hydrogen (secondary N) is 1. The standard InChI is InChI=1S/C14H31N3/c1-4-17(5-2)10-9-16-14(12-15)8-6-7-13(3)11-14/h13,16H,4-12,15H2,1-3H3. The van der Waals surface area contributed by atoms with Gasteiger partial charge < -0.3 is 16.0 Å². The van der Waals surface area contributed by atoms with Crippen molar-refractivity contribution in [3.8, 4) is 0 Å². The zero-order valence-corrected chi connectivity index (χ0v) is 12.0. The third-order valence-corrected chi connectivity index (χ3v) is 4.30. The lowest BCUT2D eigenvalue weighted by molar-refractivity contribution is 0.183. The maximum Gasteiger partial charge on any atom is 0.0307 e. The molecular weight excluding hydrogens is 210 g/mol. The summed E-state index contributed by atoms with van der Waals surface area (Å²) in [5, 5.41) is 3.75. The second kappa shape index (κ2) is 7.34. The fourth-order valence-corrected chi connectivity index (χ4v) is 3.10. The van der Waals surface area contributed by atoms with Gasteiger partial charge in [-0.15, -0.1) is 0 Å². The third kappa shape index (κ3) is 4.57. The SMILES string of the molecule is CCN(CC)CCNC1(CN)CCCC(C)C1. The lowest BCUT2D eigenvalue weighted by Crippen LogP contribution is -2.55. The summed E-state index contributed by atoms with van der Waals surface area (Å²) < 4.78 is 0. The molecule has 0 amide bonds. The van der Waals surface area contributed by atoms with Crippen LogP contribution < -0.4 is 11.1 Å². The second-order valence-corrected chi connectivity index (χ2v) is 5.64. The fraction of sp³-hybridized carbons (Fsp3) is 1.00. The van der Waals surface area contributed by atoms with E-state index in [4.69, 9.17) is 5.73 Å². The largest absolute Gasteiger partial charge is 0.329 e. The van der Waals surface area contributed by atoms with Gasteiger partial charge in [0.2, 0.25) is 0 Å². The monoisotopic (exact) mass is 241 g/mol. The summed E-state index contributed by atoms with van der Waals surface area (Å²) in [7, 11) is 0. The number of nitrogens with two attached hydrogens (primary N) is 1. The lowest BCUT2D eigenvalue weighted by Gasteiger charge is -2.40. The third-order valence-electron chi connectivity index (χ3n) is 4.30. The molecule has 0 aliphatic heterocycles. The van der Waals surface area contributed by atoms with Crippen LogP contribution in [0.15, 0.2) is 0 Å². The summed E-state index contributed by atoms with van der Waals surface area (Å²) in [6.07, 6.45) is 5.21. The zero-order valence-electron chi connectivity index (χ0n) is 12.0. The molecule has 0 heterocycles. The molecule has 3 N–H and O–H groups in total. The van der Waals surface area contributed by atoms with Crippen LogP contribution in [0.5, 0.6) is 0 Å². The van der Waals surface area contributed by atoms with Crippen LogP contribution in [0.25, 0.3) is 0 Å². The van der Waals surface area contributed by atoms with Crippen LogP contribution in [0.2, 0.25) is 0 Å². The Labute approximate surface area is 107 Å². The van der Waals surface area contributed by atoms with Crippen LogP contribution in [0, 0.1) is 5.92 Å². The molecule has 0 aromatic rings. The van der Waals surface area contributed by atoms with Crippen LogP contribution in [0.4, 0.5) is 0 Å². The van der Waals surface area contributed by atoms with E-state index in [9.17, 15) is 0 Å². The number of hydrogen-bond donors (Lipinski definition) is 2. The van der Waals surface area contributed by atoms with E-state index in [-0.39, 0.29) is 5.54 Å². The van der Waals surface area contributed by atoms with Crippen molar-refractivity contribution in [2.24, 2.45) is 11.7 Å². The molecule has 0 bridgehead atoms. The van der Waals surface area contributed by atoms with Gasteiger partial charge in [-0.05, 0) is 31.8 Å². The summed E-state index contributed by atoms with van der Waals surface area (Å²) in [5.41, 5.74) is 6.23. The highest BCUT2D eigenvalue weighted by molar-refractivity contribution is 4.93. The molecule has 3 nitrogen and oxygen atoms in total. The van der Waals surface area contributed by atoms with Crippen LogP contribution >= 0.6 is 0 Å². The van der Waals surface area contributed by atoms with E-state index in [0.29, 0.717) is 0 Å². The Kier molecular flexibility index (Phi) is 6.45. The Morgan fingerprint density at radius 2 is 2.06 bits per heavy atom. The number of rotatable bonds is 7. The number of hydrogen-bond acceptors (Lipinski definition) is 3. The summed E-state index contributed by atoms with van der Waals surface area (Å²) in [6.45, 7) is 12.1. The average molecular weight is 241 g/mol. The first kappa shape index (κ1) is 14.9. The molecule has 1 aliphatic carbocycles. The minimum Gasteiger partial charge on any atom is -0.329 e. The van der Waals surface area contributed by atoms with Gasteiger partial charge in [-0.1, -0.05) is 33.6 Å². The summed E-state index contributed by atoms with van der Waals surface area (Å²) >= 11 is 0. The van der Waals surface area contributed by atoms with Crippen molar-refractivity contribution in [1.82, 2.24) is 10.2 Å². The quantitative estimate of drug-likeness (QED) is 0.714. The molecular formula is C14H31N3. The number of likely N-dealkylation sites (N-methyl/N-ethyl adjacent to an activating group) is 1.